The lowest BCUT2D eigenvalue weighted by molar-refractivity contribution is 0.640. The lowest BCUT2D eigenvalue weighted by atomic mass is 10.0. The summed E-state index contributed by atoms with van der Waals surface area (Å²) in [6, 6.07) is 13.1. The molecule has 2 aromatic carbocycles. The van der Waals surface area contributed by atoms with Crippen molar-refractivity contribution in [2.24, 2.45) is 0 Å². The number of benzene rings is 2. The van der Waals surface area contributed by atoms with E-state index in [9.17, 15) is 4.39 Å². The summed E-state index contributed by atoms with van der Waals surface area (Å²) in [5, 5.41) is 1.58. The summed E-state index contributed by atoms with van der Waals surface area (Å²) in [7, 11) is 0. The average Bonchev–Trinajstić information content (AvgIpc) is 2.98. The SMILES string of the molecule is Cc1cnc(/C=C\c2ccc(F)c3ccccc23)cc1N1CCCCCC1. The maximum absolute atomic E-state index is 14.0. The molecule has 0 saturated carbocycles. The molecule has 1 aliphatic heterocycles. The van der Waals surface area contributed by atoms with Crippen LogP contribution in [0.4, 0.5) is 10.1 Å². The second kappa shape index (κ2) is 7.91. The van der Waals surface area contributed by atoms with Crippen LogP contribution < -0.4 is 4.90 Å². The quantitative estimate of drug-likeness (QED) is 0.550. The highest BCUT2D eigenvalue weighted by Gasteiger charge is 2.12. The standard InChI is InChI=1S/C24H25FN2/c1-18-17-26-20(16-24(18)27-14-6-2-3-7-15-27)12-10-19-11-13-23(25)22-9-5-4-8-21(19)22/h4-5,8-13,16-17H,2-3,6-7,14-15H2,1H3/b12-10-. The molecule has 0 N–H and O–H groups in total. The summed E-state index contributed by atoms with van der Waals surface area (Å²) in [5.74, 6) is -0.181. The molecule has 0 aliphatic carbocycles. The van der Waals surface area contributed by atoms with Crippen molar-refractivity contribution in [3.8, 4) is 0 Å². The van der Waals surface area contributed by atoms with Crippen molar-refractivity contribution in [2.75, 3.05) is 18.0 Å². The first-order valence-electron chi connectivity index (χ1n) is 9.79. The van der Waals surface area contributed by atoms with Gasteiger partial charge in [-0.3, -0.25) is 4.98 Å². The molecule has 0 spiro atoms. The maximum atomic E-state index is 14.0. The van der Waals surface area contributed by atoms with Crippen molar-refractivity contribution in [1.29, 1.82) is 0 Å². The predicted octanol–water partition coefficient (Wildman–Crippen LogP) is 6.23. The summed E-state index contributed by atoms with van der Waals surface area (Å²) in [6.07, 6.45) is 11.2. The lowest BCUT2D eigenvalue weighted by Crippen LogP contribution is -2.24. The molecule has 3 heteroatoms. The molecule has 3 aromatic rings. The molecule has 0 bridgehead atoms. The maximum Gasteiger partial charge on any atom is 0.131 e. The number of halogens is 1. The van der Waals surface area contributed by atoms with E-state index in [4.69, 9.17) is 0 Å². The van der Waals surface area contributed by atoms with Crippen LogP contribution >= 0.6 is 0 Å². The normalized spacial score (nSPS) is 15.4. The molecule has 0 radical (unpaired) electrons. The van der Waals surface area contributed by atoms with Gasteiger partial charge in [0.1, 0.15) is 5.82 Å². The summed E-state index contributed by atoms with van der Waals surface area (Å²) >= 11 is 0. The van der Waals surface area contributed by atoms with E-state index in [2.05, 4.69) is 22.9 Å². The molecular weight excluding hydrogens is 335 g/mol. The first-order chi connectivity index (χ1) is 13.2. The van der Waals surface area contributed by atoms with Gasteiger partial charge in [-0.2, -0.15) is 0 Å². The Labute approximate surface area is 160 Å². The fourth-order valence-electron chi connectivity index (χ4n) is 3.88. The van der Waals surface area contributed by atoms with Gasteiger partial charge < -0.3 is 4.90 Å². The van der Waals surface area contributed by atoms with E-state index in [-0.39, 0.29) is 5.82 Å². The Morgan fingerprint density at radius 3 is 2.44 bits per heavy atom. The topological polar surface area (TPSA) is 16.1 Å². The van der Waals surface area contributed by atoms with Crippen LogP contribution in [0.25, 0.3) is 22.9 Å². The highest BCUT2D eigenvalue weighted by atomic mass is 19.1. The molecule has 0 atom stereocenters. The van der Waals surface area contributed by atoms with Crippen LogP contribution in [0.2, 0.25) is 0 Å². The van der Waals surface area contributed by atoms with Crippen molar-refractivity contribution in [3.05, 3.63) is 71.3 Å². The summed E-state index contributed by atoms with van der Waals surface area (Å²) < 4.78 is 14.0. The Morgan fingerprint density at radius 1 is 0.926 bits per heavy atom. The van der Waals surface area contributed by atoms with Crippen molar-refractivity contribution in [2.45, 2.75) is 32.6 Å². The zero-order valence-electron chi connectivity index (χ0n) is 15.8. The molecule has 1 aromatic heterocycles. The monoisotopic (exact) mass is 360 g/mol. The molecule has 0 unspecified atom stereocenters. The largest absolute Gasteiger partial charge is 0.371 e. The number of hydrogen-bond donors (Lipinski definition) is 0. The zero-order valence-corrected chi connectivity index (χ0v) is 15.8. The second-order valence-corrected chi connectivity index (χ2v) is 7.31. The molecule has 1 saturated heterocycles. The van der Waals surface area contributed by atoms with E-state index in [1.165, 1.54) is 43.0 Å². The van der Waals surface area contributed by atoms with Gasteiger partial charge in [0, 0.05) is 30.4 Å². The Morgan fingerprint density at radius 2 is 1.67 bits per heavy atom. The van der Waals surface area contributed by atoms with E-state index >= 15 is 0 Å². The number of nitrogens with zero attached hydrogens (tertiary/aromatic N) is 2. The fraction of sp³-hybridized carbons (Fsp3) is 0.292. The van der Waals surface area contributed by atoms with Crippen molar-refractivity contribution in [1.82, 2.24) is 4.98 Å². The summed E-state index contributed by atoms with van der Waals surface area (Å²) in [5.41, 5.74) is 4.45. The predicted molar refractivity (Wildman–Crippen MR) is 112 cm³/mol. The molecular formula is C24H25FN2. The Kier molecular flexibility index (Phi) is 5.19. The molecule has 1 fully saturated rings. The number of aryl methyl sites for hydroxylation is 1. The lowest BCUT2D eigenvalue weighted by Gasteiger charge is -2.24. The van der Waals surface area contributed by atoms with Crippen LogP contribution in [-0.2, 0) is 0 Å². The Bertz CT molecular complexity index is 969. The van der Waals surface area contributed by atoms with Crippen LogP contribution in [0, 0.1) is 12.7 Å². The molecule has 27 heavy (non-hydrogen) atoms. The first kappa shape index (κ1) is 17.7. The van der Waals surface area contributed by atoms with Crippen LogP contribution in [0.5, 0.6) is 0 Å². The van der Waals surface area contributed by atoms with Crippen molar-refractivity contribution in [3.63, 3.8) is 0 Å². The van der Waals surface area contributed by atoms with Crippen molar-refractivity contribution < 1.29 is 4.39 Å². The highest BCUT2D eigenvalue weighted by Crippen LogP contribution is 2.26. The van der Waals surface area contributed by atoms with E-state index in [1.807, 2.05) is 48.7 Å². The third-order valence-electron chi connectivity index (χ3n) is 5.38. The Hall–Kier alpha value is -2.68. The minimum absolute atomic E-state index is 0.181. The molecule has 0 amide bonds. The fourth-order valence-corrected chi connectivity index (χ4v) is 3.88. The number of rotatable bonds is 3. The van der Waals surface area contributed by atoms with Gasteiger partial charge in [0.25, 0.3) is 0 Å². The minimum atomic E-state index is -0.181. The number of hydrogen-bond acceptors (Lipinski definition) is 2. The van der Waals surface area contributed by atoms with Crippen LogP contribution in [-0.4, -0.2) is 18.1 Å². The first-order valence-corrected chi connectivity index (χ1v) is 9.79. The van der Waals surface area contributed by atoms with Gasteiger partial charge in [0.15, 0.2) is 0 Å². The number of aromatic nitrogens is 1. The average molecular weight is 360 g/mol. The summed E-state index contributed by atoms with van der Waals surface area (Å²) in [6.45, 7) is 4.38. The van der Waals surface area contributed by atoms with Gasteiger partial charge in [0.2, 0.25) is 0 Å². The van der Waals surface area contributed by atoms with Crippen molar-refractivity contribution >= 4 is 28.6 Å². The van der Waals surface area contributed by atoms with Gasteiger partial charge in [0.05, 0.1) is 5.69 Å². The van der Waals surface area contributed by atoms with Gasteiger partial charge in [-0.1, -0.05) is 49.2 Å². The van der Waals surface area contributed by atoms with Crippen LogP contribution in [0.3, 0.4) is 0 Å². The van der Waals surface area contributed by atoms with E-state index in [0.717, 1.165) is 29.7 Å². The van der Waals surface area contributed by atoms with Gasteiger partial charge in [-0.15, -0.1) is 0 Å². The van der Waals surface area contributed by atoms with Gasteiger partial charge in [-0.25, -0.2) is 4.39 Å². The number of fused-ring (bicyclic) bond motifs is 1. The molecule has 1 aliphatic rings. The van der Waals surface area contributed by atoms with Gasteiger partial charge in [-0.05, 0) is 54.5 Å². The smallest absolute Gasteiger partial charge is 0.131 e. The van der Waals surface area contributed by atoms with Crippen LogP contribution in [0.1, 0.15) is 42.5 Å². The molecule has 2 heterocycles. The van der Waals surface area contributed by atoms with E-state index in [0.29, 0.717) is 5.39 Å². The van der Waals surface area contributed by atoms with E-state index < -0.39 is 0 Å². The minimum Gasteiger partial charge on any atom is -0.371 e. The van der Waals surface area contributed by atoms with Gasteiger partial charge >= 0.3 is 0 Å². The molecule has 2 nitrogen and oxygen atoms in total. The second-order valence-electron chi connectivity index (χ2n) is 7.31. The zero-order chi connectivity index (χ0) is 18.6. The third-order valence-corrected chi connectivity index (χ3v) is 5.38. The number of anilines is 1. The number of pyridine rings is 1. The van der Waals surface area contributed by atoms with Crippen LogP contribution in [0.15, 0.2) is 48.7 Å². The molecule has 4 rings (SSSR count). The Balaban J connectivity index is 1.65. The third kappa shape index (κ3) is 3.87. The summed E-state index contributed by atoms with van der Waals surface area (Å²) in [4.78, 5) is 7.08. The van der Waals surface area contributed by atoms with E-state index in [1.54, 1.807) is 0 Å². The molecule has 138 valence electrons. The highest BCUT2D eigenvalue weighted by molar-refractivity contribution is 5.93.